The molecule has 1 N–H and O–H groups in total. The van der Waals surface area contributed by atoms with Crippen LogP contribution in [0.3, 0.4) is 0 Å². The summed E-state index contributed by atoms with van der Waals surface area (Å²) < 4.78 is 32.3. The van der Waals surface area contributed by atoms with Gasteiger partial charge in [0, 0.05) is 11.6 Å². The van der Waals surface area contributed by atoms with E-state index in [1.165, 1.54) is 7.11 Å². The number of halogens is 3. The molecule has 1 atom stereocenters. The third-order valence-corrected chi connectivity index (χ3v) is 3.61. The number of rotatable bonds is 2. The Labute approximate surface area is 107 Å². The van der Waals surface area contributed by atoms with Crippen molar-refractivity contribution in [2.45, 2.75) is 25.3 Å². The van der Waals surface area contributed by atoms with Crippen molar-refractivity contribution in [3.8, 4) is 5.75 Å². The molecule has 1 aromatic carbocycles. The van der Waals surface area contributed by atoms with Gasteiger partial charge in [-0.2, -0.15) is 4.39 Å². The number of ether oxygens (including phenoxy) is 1. The number of hydrogen-bond donors (Lipinski definition) is 1. The fourth-order valence-corrected chi connectivity index (χ4v) is 2.60. The molecule has 0 bridgehead atoms. The summed E-state index contributed by atoms with van der Waals surface area (Å²) in [7, 11) is 1.36. The van der Waals surface area contributed by atoms with Gasteiger partial charge in [-0.1, -0.05) is 6.42 Å². The molecule has 1 aromatic rings. The van der Waals surface area contributed by atoms with E-state index >= 15 is 0 Å². The van der Waals surface area contributed by atoms with Gasteiger partial charge in [-0.3, -0.25) is 0 Å². The van der Waals surface area contributed by atoms with Gasteiger partial charge in [0.15, 0.2) is 11.6 Å². The van der Waals surface area contributed by atoms with Crippen LogP contribution in [0.4, 0.5) is 8.78 Å². The summed E-state index contributed by atoms with van der Waals surface area (Å²) in [5, 5.41) is 3.29. The first-order valence-corrected chi connectivity index (χ1v) is 6.39. The van der Waals surface area contributed by atoms with Gasteiger partial charge in [-0.05, 0) is 41.4 Å². The number of hydrogen-bond acceptors (Lipinski definition) is 2. The van der Waals surface area contributed by atoms with E-state index in [4.69, 9.17) is 4.74 Å². The summed E-state index contributed by atoms with van der Waals surface area (Å²) in [6, 6.07) is 1.63. The van der Waals surface area contributed by atoms with Crippen LogP contribution in [-0.2, 0) is 0 Å². The molecule has 1 aliphatic rings. The molecule has 0 radical (unpaired) electrons. The van der Waals surface area contributed by atoms with Crippen LogP contribution in [0.25, 0.3) is 0 Å². The van der Waals surface area contributed by atoms with Gasteiger partial charge in [0.2, 0.25) is 5.82 Å². The minimum absolute atomic E-state index is 0.00472. The minimum Gasteiger partial charge on any atom is -0.493 e. The normalized spacial score (nSPS) is 20.4. The monoisotopic (exact) mass is 305 g/mol. The fraction of sp³-hybridized carbons (Fsp3) is 0.500. The molecule has 1 fully saturated rings. The molecule has 2 nitrogen and oxygen atoms in total. The van der Waals surface area contributed by atoms with Crippen molar-refractivity contribution < 1.29 is 13.5 Å². The van der Waals surface area contributed by atoms with E-state index in [-0.39, 0.29) is 16.3 Å². The van der Waals surface area contributed by atoms with E-state index in [1.54, 1.807) is 6.07 Å². The number of piperidine rings is 1. The van der Waals surface area contributed by atoms with Crippen LogP contribution in [-0.4, -0.2) is 13.7 Å². The second kappa shape index (κ2) is 5.31. The highest BCUT2D eigenvalue weighted by atomic mass is 79.9. The van der Waals surface area contributed by atoms with Crippen molar-refractivity contribution in [2.24, 2.45) is 0 Å². The van der Waals surface area contributed by atoms with Crippen LogP contribution in [0.15, 0.2) is 10.5 Å². The smallest absolute Gasteiger partial charge is 0.202 e. The third-order valence-electron chi connectivity index (χ3n) is 3.04. The van der Waals surface area contributed by atoms with Crippen molar-refractivity contribution in [3.63, 3.8) is 0 Å². The second-order valence-corrected chi connectivity index (χ2v) is 4.97. The van der Waals surface area contributed by atoms with Crippen molar-refractivity contribution in [2.75, 3.05) is 13.7 Å². The Kier molecular flexibility index (Phi) is 3.99. The predicted molar refractivity (Wildman–Crippen MR) is 65.2 cm³/mol. The number of nitrogens with one attached hydrogen (secondary N) is 1. The average molecular weight is 306 g/mol. The number of benzene rings is 1. The van der Waals surface area contributed by atoms with E-state index in [9.17, 15) is 8.78 Å². The Morgan fingerprint density at radius 3 is 2.71 bits per heavy atom. The molecule has 0 amide bonds. The largest absolute Gasteiger partial charge is 0.493 e. The molecule has 5 heteroatoms. The Morgan fingerprint density at radius 2 is 2.12 bits per heavy atom. The van der Waals surface area contributed by atoms with Crippen LogP contribution in [0.2, 0.25) is 0 Å². The molecule has 0 saturated carbocycles. The lowest BCUT2D eigenvalue weighted by atomic mass is 9.96. The van der Waals surface area contributed by atoms with Gasteiger partial charge in [0.1, 0.15) is 0 Å². The average Bonchev–Trinajstić information content (AvgIpc) is 2.36. The molecule has 1 unspecified atom stereocenters. The van der Waals surface area contributed by atoms with Gasteiger partial charge in [0.05, 0.1) is 11.6 Å². The fourth-order valence-electron chi connectivity index (χ4n) is 2.18. The second-order valence-electron chi connectivity index (χ2n) is 4.11. The summed E-state index contributed by atoms with van der Waals surface area (Å²) in [5.74, 6) is -1.82. The molecule has 0 aliphatic carbocycles. The SMILES string of the molecule is COc1c(C2CCCCN2)cc(Br)c(F)c1F. The standard InChI is InChI=1S/C12H14BrF2NO/c1-17-12-7(9-4-2-3-5-16-9)6-8(13)10(14)11(12)15/h6,9,16H,2-5H2,1H3. The zero-order valence-corrected chi connectivity index (χ0v) is 11.1. The maximum Gasteiger partial charge on any atom is 0.202 e. The molecule has 1 aliphatic heterocycles. The maximum absolute atomic E-state index is 13.7. The lowest BCUT2D eigenvalue weighted by Crippen LogP contribution is -2.27. The Hall–Kier alpha value is -0.680. The summed E-state index contributed by atoms with van der Waals surface area (Å²) >= 11 is 3.03. The van der Waals surface area contributed by atoms with E-state index in [2.05, 4.69) is 21.2 Å². The van der Waals surface area contributed by atoms with Crippen LogP contribution in [0, 0.1) is 11.6 Å². The Bertz CT molecular complexity index is 419. The molecule has 94 valence electrons. The lowest BCUT2D eigenvalue weighted by Gasteiger charge is -2.25. The highest BCUT2D eigenvalue weighted by Gasteiger charge is 2.24. The maximum atomic E-state index is 13.7. The highest BCUT2D eigenvalue weighted by Crippen LogP contribution is 2.36. The van der Waals surface area contributed by atoms with Crippen molar-refractivity contribution >= 4 is 15.9 Å². The molecular weight excluding hydrogens is 292 g/mol. The van der Waals surface area contributed by atoms with Gasteiger partial charge >= 0.3 is 0 Å². The Balaban J connectivity index is 2.44. The first kappa shape index (κ1) is 12.8. The van der Waals surface area contributed by atoms with E-state index in [0.717, 1.165) is 25.8 Å². The zero-order chi connectivity index (χ0) is 12.4. The summed E-state index contributed by atoms with van der Waals surface area (Å²) in [4.78, 5) is 0. The lowest BCUT2D eigenvalue weighted by molar-refractivity contribution is 0.345. The minimum atomic E-state index is -0.927. The van der Waals surface area contributed by atoms with Crippen LogP contribution < -0.4 is 10.1 Å². The van der Waals surface area contributed by atoms with Crippen molar-refractivity contribution in [1.82, 2.24) is 5.32 Å². The first-order chi connectivity index (χ1) is 8.15. The van der Waals surface area contributed by atoms with Gasteiger partial charge < -0.3 is 10.1 Å². The van der Waals surface area contributed by atoms with E-state index < -0.39 is 11.6 Å². The summed E-state index contributed by atoms with van der Waals surface area (Å²) in [6.45, 7) is 0.893. The van der Waals surface area contributed by atoms with Gasteiger partial charge in [-0.15, -0.1) is 0 Å². The summed E-state index contributed by atoms with van der Waals surface area (Å²) in [5.41, 5.74) is 0.679. The molecule has 1 saturated heterocycles. The zero-order valence-electron chi connectivity index (χ0n) is 9.53. The van der Waals surface area contributed by atoms with Crippen LogP contribution in [0.5, 0.6) is 5.75 Å². The topological polar surface area (TPSA) is 21.3 Å². The first-order valence-electron chi connectivity index (χ1n) is 5.60. The van der Waals surface area contributed by atoms with E-state index in [0.29, 0.717) is 5.56 Å². The summed E-state index contributed by atoms with van der Waals surface area (Å²) in [6.07, 6.45) is 3.11. The van der Waals surface area contributed by atoms with Gasteiger partial charge in [0.25, 0.3) is 0 Å². The third kappa shape index (κ3) is 2.45. The van der Waals surface area contributed by atoms with Gasteiger partial charge in [-0.25, -0.2) is 4.39 Å². The predicted octanol–water partition coefficient (Wildman–Crippen LogP) is 3.55. The quantitative estimate of drug-likeness (QED) is 0.844. The van der Waals surface area contributed by atoms with Crippen LogP contribution in [0.1, 0.15) is 30.9 Å². The number of methoxy groups -OCH3 is 1. The van der Waals surface area contributed by atoms with Crippen molar-refractivity contribution in [3.05, 3.63) is 27.7 Å². The molecule has 2 rings (SSSR count). The molecule has 17 heavy (non-hydrogen) atoms. The molecule has 0 spiro atoms. The highest BCUT2D eigenvalue weighted by molar-refractivity contribution is 9.10. The molecule has 0 aromatic heterocycles. The van der Waals surface area contributed by atoms with Crippen LogP contribution >= 0.6 is 15.9 Å². The molecule has 1 heterocycles. The van der Waals surface area contributed by atoms with Crippen molar-refractivity contribution in [1.29, 1.82) is 0 Å². The Morgan fingerprint density at radius 1 is 1.35 bits per heavy atom. The van der Waals surface area contributed by atoms with E-state index in [1.807, 2.05) is 0 Å². The molecular formula is C12H14BrF2NO.